The molecule has 1 N–H and O–H groups in total. The standard InChI is InChI=1S/C6H3BrN4O2/c7-6-9-1-3-4(11(12)13)2-8-5(3)10-6/h1-2H,(H,8,9,10). The van der Waals surface area contributed by atoms with Gasteiger partial charge in [0.1, 0.15) is 11.0 Å². The lowest BCUT2D eigenvalue weighted by molar-refractivity contribution is -0.383. The summed E-state index contributed by atoms with van der Waals surface area (Å²) >= 11 is 3.07. The van der Waals surface area contributed by atoms with Crippen LogP contribution in [0.2, 0.25) is 0 Å². The molecule has 2 aromatic rings. The van der Waals surface area contributed by atoms with Gasteiger partial charge in [0.25, 0.3) is 5.69 Å². The van der Waals surface area contributed by atoms with E-state index < -0.39 is 4.92 Å². The number of nitrogens with zero attached hydrogens (tertiary/aromatic N) is 3. The molecule has 2 aromatic heterocycles. The van der Waals surface area contributed by atoms with Gasteiger partial charge in [-0.15, -0.1) is 0 Å². The highest BCUT2D eigenvalue weighted by Crippen LogP contribution is 2.23. The van der Waals surface area contributed by atoms with Crippen molar-refractivity contribution in [3.8, 4) is 0 Å². The molecule has 0 aliphatic carbocycles. The van der Waals surface area contributed by atoms with E-state index in [1.165, 1.54) is 12.4 Å². The molecule has 0 fully saturated rings. The Morgan fingerprint density at radius 2 is 2.38 bits per heavy atom. The summed E-state index contributed by atoms with van der Waals surface area (Å²) in [6.45, 7) is 0. The van der Waals surface area contributed by atoms with Crippen molar-refractivity contribution in [1.82, 2.24) is 15.0 Å². The minimum absolute atomic E-state index is 0.0116. The molecule has 0 aliphatic rings. The van der Waals surface area contributed by atoms with Crippen molar-refractivity contribution in [3.05, 3.63) is 27.2 Å². The van der Waals surface area contributed by atoms with E-state index in [4.69, 9.17) is 0 Å². The first-order valence-corrected chi connectivity index (χ1v) is 4.12. The van der Waals surface area contributed by atoms with E-state index in [-0.39, 0.29) is 5.69 Å². The zero-order valence-corrected chi connectivity index (χ0v) is 7.78. The molecule has 66 valence electrons. The average Bonchev–Trinajstić information content (AvgIpc) is 2.46. The van der Waals surface area contributed by atoms with E-state index in [0.717, 1.165) is 0 Å². The molecule has 0 aromatic carbocycles. The van der Waals surface area contributed by atoms with Gasteiger partial charge in [0.2, 0.25) is 0 Å². The summed E-state index contributed by atoms with van der Waals surface area (Å²) in [5, 5.41) is 10.9. The van der Waals surface area contributed by atoms with E-state index in [0.29, 0.717) is 15.8 Å². The van der Waals surface area contributed by atoms with Gasteiger partial charge >= 0.3 is 0 Å². The maximum Gasteiger partial charge on any atom is 0.297 e. The Morgan fingerprint density at radius 3 is 3.08 bits per heavy atom. The van der Waals surface area contributed by atoms with Gasteiger partial charge in [-0.2, -0.15) is 0 Å². The quantitative estimate of drug-likeness (QED) is 0.468. The van der Waals surface area contributed by atoms with E-state index in [2.05, 4.69) is 30.9 Å². The molecule has 2 heterocycles. The van der Waals surface area contributed by atoms with Crippen molar-refractivity contribution in [1.29, 1.82) is 0 Å². The maximum atomic E-state index is 10.5. The molecule has 6 nitrogen and oxygen atoms in total. The van der Waals surface area contributed by atoms with E-state index in [9.17, 15) is 10.1 Å². The SMILES string of the molecule is O=[N+]([O-])c1c[nH]c2nc(Br)ncc12. The van der Waals surface area contributed by atoms with E-state index in [1.807, 2.05) is 0 Å². The lowest BCUT2D eigenvalue weighted by atomic mass is 10.4. The summed E-state index contributed by atoms with van der Waals surface area (Å²) < 4.78 is 0.400. The number of aromatic amines is 1. The third kappa shape index (κ3) is 1.26. The molecular weight excluding hydrogens is 240 g/mol. The number of hydrogen-bond donors (Lipinski definition) is 1. The number of nitro groups is 1. The Morgan fingerprint density at radius 1 is 1.62 bits per heavy atom. The molecule has 0 bridgehead atoms. The summed E-state index contributed by atoms with van der Waals surface area (Å²) in [5.74, 6) is 0. The van der Waals surface area contributed by atoms with Crippen molar-refractivity contribution < 1.29 is 4.92 Å². The minimum Gasteiger partial charge on any atom is -0.340 e. The fraction of sp³-hybridized carbons (Fsp3) is 0. The monoisotopic (exact) mass is 242 g/mol. The molecule has 0 amide bonds. The Hall–Kier alpha value is -1.50. The van der Waals surface area contributed by atoms with Crippen LogP contribution in [0.1, 0.15) is 0 Å². The summed E-state index contributed by atoms with van der Waals surface area (Å²) in [5.41, 5.74) is 0.441. The summed E-state index contributed by atoms with van der Waals surface area (Å²) in [6, 6.07) is 0. The van der Waals surface area contributed by atoms with Crippen LogP contribution in [0.25, 0.3) is 11.0 Å². The van der Waals surface area contributed by atoms with Crippen molar-refractivity contribution in [2.45, 2.75) is 0 Å². The molecule has 0 radical (unpaired) electrons. The highest BCUT2D eigenvalue weighted by atomic mass is 79.9. The van der Waals surface area contributed by atoms with Gasteiger partial charge in [0, 0.05) is 6.20 Å². The maximum absolute atomic E-state index is 10.5. The van der Waals surface area contributed by atoms with Crippen molar-refractivity contribution in [2.24, 2.45) is 0 Å². The van der Waals surface area contributed by atoms with Crippen molar-refractivity contribution >= 4 is 32.7 Å². The molecule has 0 aliphatic heterocycles. The van der Waals surface area contributed by atoms with E-state index in [1.54, 1.807) is 0 Å². The first kappa shape index (κ1) is 8.11. The Bertz CT molecular complexity index is 480. The first-order chi connectivity index (χ1) is 6.18. The second-order valence-electron chi connectivity index (χ2n) is 2.33. The van der Waals surface area contributed by atoms with Crippen LogP contribution in [-0.4, -0.2) is 19.9 Å². The minimum atomic E-state index is -0.476. The number of H-pyrrole nitrogens is 1. The summed E-state index contributed by atoms with van der Waals surface area (Å²) in [7, 11) is 0. The number of fused-ring (bicyclic) bond motifs is 1. The molecular formula is C6H3BrN4O2. The van der Waals surface area contributed by atoms with Gasteiger partial charge in [-0.05, 0) is 15.9 Å². The predicted molar refractivity (Wildman–Crippen MR) is 48.2 cm³/mol. The van der Waals surface area contributed by atoms with Crippen LogP contribution in [0.15, 0.2) is 17.1 Å². The smallest absolute Gasteiger partial charge is 0.297 e. The number of rotatable bonds is 1. The van der Waals surface area contributed by atoms with E-state index >= 15 is 0 Å². The first-order valence-electron chi connectivity index (χ1n) is 3.32. The van der Waals surface area contributed by atoms with Crippen molar-refractivity contribution in [3.63, 3.8) is 0 Å². The fourth-order valence-electron chi connectivity index (χ4n) is 1.02. The topological polar surface area (TPSA) is 84.7 Å². The summed E-state index contributed by atoms with van der Waals surface area (Å²) in [6.07, 6.45) is 2.70. The molecule has 0 saturated heterocycles. The lowest BCUT2D eigenvalue weighted by Gasteiger charge is -1.89. The third-order valence-corrected chi connectivity index (χ3v) is 1.96. The van der Waals surface area contributed by atoms with Crippen LogP contribution in [0.5, 0.6) is 0 Å². The average molecular weight is 243 g/mol. The zero-order chi connectivity index (χ0) is 9.42. The Balaban J connectivity index is 2.76. The number of aromatic nitrogens is 3. The third-order valence-electron chi connectivity index (χ3n) is 1.58. The van der Waals surface area contributed by atoms with Gasteiger partial charge < -0.3 is 4.98 Å². The number of halogens is 1. The highest BCUT2D eigenvalue weighted by molar-refractivity contribution is 9.10. The fourth-order valence-corrected chi connectivity index (χ4v) is 1.30. The Labute approximate surface area is 80.3 Å². The molecule has 7 heteroatoms. The second-order valence-corrected chi connectivity index (χ2v) is 3.04. The van der Waals surface area contributed by atoms with Crippen LogP contribution in [0, 0.1) is 10.1 Å². The van der Waals surface area contributed by atoms with Crippen LogP contribution in [0.3, 0.4) is 0 Å². The van der Waals surface area contributed by atoms with Crippen molar-refractivity contribution in [2.75, 3.05) is 0 Å². The Kier molecular flexibility index (Phi) is 1.73. The van der Waals surface area contributed by atoms with Gasteiger partial charge in [0.15, 0.2) is 4.73 Å². The van der Waals surface area contributed by atoms with Gasteiger partial charge in [0.05, 0.1) is 11.1 Å². The van der Waals surface area contributed by atoms with Crippen LogP contribution in [-0.2, 0) is 0 Å². The molecule has 0 saturated carbocycles. The van der Waals surface area contributed by atoms with Gasteiger partial charge in [-0.3, -0.25) is 10.1 Å². The predicted octanol–water partition coefficient (Wildman–Crippen LogP) is 1.63. The largest absolute Gasteiger partial charge is 0.340 e. The zero-order valence-electron chi connectivity index (χ0n) is 6.19. The molecule has 0 unspecified atom stereocenters. The normalized spacial score (nSPS) is 10.5. The molecule has 13 heavy (non-hydrogen) atoms. The molecule has 0 spiro atoms. The number of hydrogen-bond acceptors (Lipinski definition) is 4. The summed E-state index contributed by atoms with van der Waals surface area (Å²) in [4.78, 5) is 20.4. The number of nitrogens with one attached hydrogen (secondary N) is 1. The lowest BCUT2D eigenvalue weighted by Crippen LogP contribution is -1.87. The van der Waals surface area contributed by atoms with Crippen LogP contribution in [0.4, 0.5) is 5.69 Å². The van der Waals surface area contributed by atoms with Gasteiger partial charge in [-0.1, -0.05) is 0 Å². The van der Waals surface area contributed by atoms with Gasteiger partial charge in [-0.25, -0.2) is 9.97 Å². The van der Waals surface area contributed by atoms with Crippen LogP contribution < -0.4 is 0 Å². The van der Waals surface area contributed by atoms with Crippen LogP contribution >= 0.6 is 15.9 Å². The second kappa shape index (κ2) is 2.77. The molecule has 2 rings (SSSR count). The molecule has 0 atom stereocenters. The highest BCUT2D eigenvalue weighted by Gasteiger charge is 2.14.